The molecule has 0 aromatic carbocycles. The third kappa shape index (κ3) is 5.76. The number of nitrogens with one attached hydrogen (secondary N) is 1. The molecule has 0 amide bonds. The van der Waals surface area contributed by atoms with Crippen molar-refractivity contribution in [1.29, 1.82) is 0 Å². The number of hydrazone groups is 1. The maximum atomic E-state index is 6.68. The van der Waals surface area contributed by atoms with E-state index in [1.165, 1.54) is 5.57 Å². The Morgan fingerprint density at radius 2 is 2.00 bits per heavy atom. The lowest BCUT2D eigenvalue weighted by Crippen LogP contribution is -2.13. The lowest BCUT2D eigenvalue weighted by atomic mass is 9.98. The van der Waals surface area contributed by atoms with Gasteiger partial charge in [0.1, 0.15) is 10.7 Å². The summed E-state index contributed by atoms with van der Waals surface area (Å²) in [5.74, 6) is 2.14. The molecule has 6 heteroatoms. The molecule has 1 N–H and O–H groups in total. The van der Waals surface area contributed by atoms with Gasteiger partial charge in [0.2, 0.25) is 0 Å². The van der Waals surface area contributed by atoms with Gasteiger partial charge in [-0.25, -0.2) is 4.68 Å². The molecule has 0 aliphatic heterocycles. The molecule has 0 unspecified atom stereocenters. The molecular weight excluding hydrogens is 376 g/mol. The third-order valence-corrected chi connectivity index (χ3v) is 5.90. The second kappa shape index (κ2) is 10.2. The van der Waals surface area contributed by atoms with Crippen molar-refractivity contribution in [3.8, 4) is 0 Å². The molecule has 0 bridgehead atoms. The van der Waals surface area contributed by atoms with Crippen LogP contribution in [0.5, 0.6) is 0 Å². The first-order valence-corrected chi connectivity index (χ1v) is 10.9. The van der Waals surface area contributed by atoms with E-state index in [1.54, 1.807) is 11.8 Å². The van der Waals surface area contributed by atoms with Crippen LogP contribution in [0.15, 0.2) is 35.0 Å². The van der Waals surface area contributed by atoms with E-state index in [0.29, 0.717) is 16.9 Å². The molecular formula is C21H31ClN4S. The zero-order valence-electron chi connectivity index (χ0n) is 17.2. The largest absolute Gasteiger partial charge is 0.312 e. The highest BCUT2D eigenvalue weighted by molar-refractivity contribution is 8.14. The molecule has 1 aliphatic rings. The van der Waals surface area contributed by atoms with Crippen molar-refractivity contribution < 1.29 is 0 Å². The van der Waals surface area contributed by atoms with Gasteiger partial charge in [-0.05, 0) is 37.0 Å². The van der Waals surface area contributed by atoms with Crippen molar-refractivity contribution in [3.05, 3.63) is 46.3 Å². The molecule has 1 aliphatic carbocycles. The second-order valence-corrected chi connectivity index (χ2v) is 8.91. The van der Waals surface area contributed by atoms with Gasteiger partial charge in [0, 0.05) is 19.2 Å². The zero-order chi connectivity index (χ0) is 20.0. The van der Waals surface area contributed by atoms with E-state index in [4.69, 9.17) is 16.7 Å². The van der Waals surface area contributed by atoms with Crippen molar-refractivity contribution in [2.75, 3.05) is 12.8 Å². The molecule has 0 spiro atoms. The van der Waals surface area contributed by atoms with Gasteiger partial charge < -0.3 is 5.43 Å². The smallest absolute Gasteiger partial charge is 0.143 e. The number of nitrogens with zero attached hydrogens (tertiary/aromatic N) is 3. The number of hydrogen-bond acceptors (Lipinski definition) is 4. The molecule has 1 heterocycles. The fourth-order valence-electron chi connectivity index (χ4n) is 2.76. The van der Waals surface area contributed by atoms with Crippen LogP contribution in [0.25, 0.3) is 5.70 Å². The molecule has 2 rings (SSSR count). The van der Waals surface area contributed by atoms with Crippen LogP contribution in [0, 0.1) is 18.8 Å². The molecule has 1 aromatic rings. The summed E-state index contributed by atoms with van der Waals surface area (Å²) >= 11 is 8.41. The van der Waals surface area contributed by atoms with Crippen LogP contribution in [0.4, 0.5) is 0 Å². The lowest BCUT2D eigenvalue weighted by Gasteiger charge is -2.16. The molecule has 0 saturated carbocycles. The minimum Gasteiger partial charge on any atom is -0.312 e. The number of aromatic nitrogens is 2. The number of thioether (sulfide) groups is 1. The van der Waals surface area contributed by atoms with Gasteiger partial charge in [-0.1, -0.05) is 63.1 Å². The topological polar surface area (TPSA) is 42.2 Å². The van der Waals surface area contributed by atoms with Crippen LogP contribution < -0.4 is 5.43 Å². The van der Waals surface area contributed by atoms with E-state index >= 15 is 0 Å². The van der Waals surface area contributed by atoms with E-state index in [2.05, 4.69) is 62.5 Å². The van der Waals surface area contributed by atoms with E-state index < -0.39 is 0 Å². The highest BCUT2D eigenvalue weighted by atomic mass is 35.5. The number of rotatable bonds is 7. The van der Waals surface area contributed by atoms with E-state index in [-0.39, 0.29) is 0 Å². The summed E-state index contributed by atoms with van der Waals surface area (Å²) in [6.07, 6.45) is 10.5. The Kier molecular flexibility index (Phi) is 8.24. The fraction of sp³-hybridized carbons (Fsp3) is 0.524. The Balaban J connectivity index is 2.43. The molecule has 4 nitrogen and oxygen atoms in total. The molecule has 27 heavy (non-hydrogen) atoms. The normalized spacial score (nSPS) is 15.2. The minimum absolute atomic E-state index is 0.484. The summed E-state index contributed by atoms with van der Waals surface area (Å²) < 4.78 is 1.97. The van der Waals surface area contributed by atoms with Gasteiger partial charge in [0.05, 0.1) is 10.7 Å². The molecule has 0 fully saturated rings. The van der Waals surface area contributed by atoms with E-state index in [0.717, 1.165) is 40.7 Å². The quantitative estimate of drug-likeness (QED) is 0.348. The fourth-order valence-corrected chi connectivity index (χ4v) is 4.29. The molecule has 1 aromatic heterocycles. The minimum atomic E-state index is 0.484. The number of halogens is 1. The highest BCUT2D eigenvalue weighted by Gasteiger charge is 2.23. The number of aryl methyl sites for hydroxylation is 1. The van der Waals surface area contributed by atoms with Crippen molar-refractivity contribution in [1.82, 2.24) is 15.2 Å². The molecule has 0 atom stereocenters. The average molecular weight is 407 g/mol. The monoisotopic (exact) mass is 406 g/mol. The van der Waals surface area contributed by atoms with E-state index in [1.807, 2.05) is 18.7 Å². The first kappa shape index (κ1) is 21.8. The Hall–Kier alpha value is -1.46. The van der Waals surface area contributed by atoms with Crippen molar-refractivity contribution >= 4 is 34.1 Å². The van der Waals surface area contributed by atoms with Crippen molar-refractivity contribution in [3.63, 3.8) is 0 Å². The summed E-state index contributed by atoms with van der Waals surface area (Å²) in [6.45, 7) is 10.9. The van der Waals surface area contributed by atoms with Crippen molar-refractivity contribution in [2.45, 2.75) is 47.5 Å². The maximum Gasteiger partial charge on any atom is 0.143 e. The van der Waals surface area contributed by atoms with Crippen LogP contribution in [0.1, 0.15) is 51.9 Å². The Labute approximate surface area is 172 Å². The van der Waals surface area contributed by atoms with Gasteiger partial charge in [-0.15, -0.1) is 11.8 Å². The van der Waals surface area contributed by atoms with Gasteiger partial charge in [-0.3, -0.25) is 0 Å². The van der Waals surface area contributed by atoms with Crippen LogP contribution in [0.3, 0.4) is 0 Å². The first-order chi connectivity index (χ1) is 12.8. The maximum absolute atomic E-state index is 6.68. The van der Waals surface area contributed by atoms with Crippen LogP contribution in [0.2, 0.25) is 5.02 Å². The summed E-state index contributed by atoms with van der Waals surface area (Å²) in [4.78, 5) is 0. The summed E-state index contributed by atoms with van der Waals surface area (Å²) in [7, 11) is 1.82. The zero-order valence-corrected chi connectivity index (χ0v) is 18.8. The predicted octanol–water partition coefficient (Wildman–Crippen LogP) is 5.89. The summed E-state index contributed by atoms with van der Waals surface area (Å²) in [5, 5.41) is 10.8. The number of hydrogen-bond donors (Lipinski definition) is 1. The SMILES string of the molecule is CNN=C(SCCC(C)C)c1c(Cl)c(C)nn1C1=CC=CC=C(C(C)C)C1. The average Bonchev–Trinajstić information content (AvgIpc) is 2.79. The highest BCUT2D eigenvalue weighted by Crippen LogP contribution is 2.32. The Morgan fingerprint density at radius 3 is 2.63 bits per heavy atom. The van der Waals surface area contributed by atoms with Gasteiger partial charge in [-0.2, -0.15) is 10.2 Å². The van der Waals surface area contributed by atoms with Gasteiger partial charge >= 0.3 is 0 Å². The van der Waals surface area contributed by atoms with Crippen LogP contribution >= 0.6 is 23.4 Å². The molecule has 0 radical (unpaired) electrons. The van der Waals surface area contributed by atoms with Crippen molar-refractivity contribution in [2.24, 2.45) is 16.9 Å². The Bertz CT molecular complexity index is 769. The second-order valence-electron chi connectivity index (χ2n) is 7.45. The number of allylic oxidation sites excluding steroid dienone is 6. The van der Waals surface area contributed by atoms with Gasteiger partial charge in [0.15, 0.2) is 0 Å². The molecule has 0 saturated heterocycles. The predicted molar refractivity (Wildman–Crippen MR) is 120 cm³/mol. The Morgan fingerprint density at radius 1 is 1.30 bits per heavy atom. The first-order valence-electron chi connectivity index (χ1n) is 9.54. The third-order valence-electron chi connectivity index (χ3n) is 4.45. The van der Waals surface area contributed by atoms with E-state index in [9.17, 15) is 0 Å². The lowest BCUT2D eigenvalue weighted by molar-refractivity contribution is 0.632. The molecule has 148 valence electrons. The van der Waals surface area contributed by atoms with Crippen LogP contribution in [-0.2, 0) is 0 Å². The summed E-state index contributed by atoms with van der Waals surface area (Å²) in [6, 6.07) is 0. The van der Waals surface area contributed by atoms with Crippen LogP contribution in [-0.4, -0.2) is 27.6 Å². The standard InChI is InChI=1S/C21H31ClN4S/c1-14(2)11-12-27-21(24-23-6)20-19(22)16(5)25-26(20)18-10-8-7-9-17(13-18)15(3)4/h7-10,14-15,23H,11-13H2,1-6H3. The summed E-state index contributed by atoms with van der Waals surface area (Å²) in [5.41, 5.74) is 7.13. The van der Waals surface area contributed by atoms with Gasteiger partial charge in [0.25, 0.3) is 0 Å².